The number of rotatable bonds is 4. The van der Waals surface area contributed by atoms with Crippen LogP contribution in [-0.4, -0.2) is 12.6 Å². The van der Waals surface area contributed by atoms with Crippen LogP contribution in [0.3, 0.4) is 0 Å². The van der Waals surface area contributed by atoms with Crippen LogP contribution in [0.1, 0.15) is 19.3 Å². The fourth-order valence-electron chi connectivity index (χ4n) is 0.470. The zero-order valence-corrected chi connectivity index (χ0v) is 6.30. The topological polar surface area (TPSA) is 26.3 Å². The van der Waals surface area contributed by atoms with Crippen LogP contribution in [0.5, 0.6) is 0 Å². The van der Waals surface area contributed by atoms with Crippen molar-refractivity contribution < 1.29 is 9.53 Å². The molecular weight excluding hydrogens is 140 g/mol. The fourth-order valence-corrected chi connectivity index (χ4v) is 0.470. The molecule has 0 aliphatic carbocycles. The van der Waals surface area contributed by atoms with E-state index in [-0.39, 0.29) is 12.4 Å². The van der Waals surface area contributed by atoms with E-state index in [1.807, 2.05) is 0 Å². The van der Waals surface area contributed by atoms with Gasteiger partial charge in [0.05, 0.1) is 6.42 Å². The minimum Gasteiger partial charge on any atom is -0.465 e. The largest absolute Gasteiger partial charge is 0.465 e. The van der Waals surface area contributed by atoms with E-state index in [0.29, 0.717) is 19.4 Å². The molecule has 2 nitrogen and oxygen atoms in total. The molecule has 0 radical (unpaired) electrons. The SMILES string of the molecule is C#CCCOC(=O)CCC#C. The lowest BCUT2D eigenvalue weighted by molar-refractivity contribution is -0.143. The standard InChI is InChI=1S/C9H10O2/c1-3-5-7-9(10)11-8-6-4-2/h1-2H,5-8H2. The molecule has 2 heteroatoms. The van der Waals surface area contributed by atoms with E-state index < -0.39 is 0 Å². The Morgan fingerprint density at radius 3 is 2.45 bits per heavy atom. The van der Waals surface area contributed by atoms with E-state index in [1.54, 1.807) is 0 Å². The van der Waals surface area contributed by atoms with Crippen molar-refractivity contribution in [2.45, 2.75) is 19.3 Å². The maximum Gasteiger partial charge on any atom is 0.306 e. The predicted octanol–water partition coefficient (Wildman–Crippen LogP) is 0.966. The Bertz CT molecular complexity index is 193. The Labute approximate surface area is 66.9 Å². The normalized spacial score (nSPS) is 7.82. The third-order valence-corrected chi connectivity index (χ3v) is 0.983. The number of terminal acetylenes is 2. The average Bonchev–Trinajstić information content (AvgIpc) is 2.01. The van der Waals surface area contributed by atoms with Gasteiger partial charge in [0.15, 0.2) is 0 Å². The van der Waals surface area contributed by atoms with E-state index in [9.17, 15) is 4.79 Å². The van der Waals surface area contributed by atoms with Gasteiger partial charge in [-0.3, -0.25) is 4.79 Å². The van der Waals surface area contributed by atoms with Crippen molar-refractivity contribution in [2.24, 2.45) is 0 Å². The predicted molar refractivity (Wildman–Crippen MR) is 42.5 cm³/mol. The van der Waals surface area contributed by atoms with Crippen LogP contribution in [0.15, 0.2) is 0 Å². The minimum atomic E-state index is -0.279. The van der Waals surface area contributed by atoms with E-state index in [4.69, 9.17) is 17.6 Å². The third kappa shape index (κ3) is 6.48. The molecule has 0 spiro atoms. The highest BCUT2D eigenvalue weighted by molar-refractivity contribution is 5.69. The van der Waals surface area contributed by atoms with Crippen LogP contribution < -0.4 is 0 Å². The van der Waals surface area contributed by atoms with Gasteiger partial charge >= 0.3 is 5.97 Å². The highest BCUT2D eigenvalue weighted by Gasteiger charge is 1.98. The smallest absolute Gasteiger partial charge is 0.306 e. The highest BCUT2D eigenvalue weighted by Crippen LogP contribution is 1.91. The molecule has 0 aliphatic heterocycles. The number of ether oxygens (including phenoxy) is 1. The fraction of sp³-hybridized carbons (Fsp3) is 0.444. The third-order valence-electron chi connectivity index (χ3n) is 0.983. The maximum absolute atomic E-state index is 10.7. The summed E-state index contributed by atoms with van der Waals surface area (Å²) < 4.78 is 4.71. The quantitative estimate of drug-likeness (QED) is 0.339. The summed E-state index contributed by atoms with van der Waals surface area (Å²) in [6.45, 7) is 0.292. The second-order valence-electron chi connectivity index (χ2n) is 1.88. The van der Waals surface area contributed by atoms with Gasteiger partial charge in [0.2, 0.25) is 0 Å². The summed E-state index contributed by atoms with van der Waals surface area (Å²) in [4.78, 5) is 10.7. The summed E-state index contributed by atoms with van der Waals surface area (Å²) in [6.07, 6.45) is 11.0. The maximum atomic E-state index is 10.7. The van der Waals surface area contributed by atoms with Gasteiger partial charge in [-0.25, -0.2) is 0 Å². The van der Waals surface area contributed by atoms with Crippen LogP contribution in [0, 0.1) is 24.7 Å². The van der Waals surface area contributed by atoms with Crippen molar-refractivity contribution in [3.63, 3.8) is 0 Å². The average molecular weight is 150 g/mol. The molecular formula is C9H10O2. The zero-order valence-electron chi connectivity index (χ0n) is 6.30. The van der Waals surface area contributed by atoms with Crippen molar-refractivity contribution in [3.05, 3.63) is 0 Å². The first-order valence-corrected chi connectivity index (χ1v) is 3.33. The molecule has 0 saturated heterocycles. The molecule has 0 saturated carbocycles. The summed E-state index contributed by atoms with van der Waals surface area (Å²) in [6, 6.07) is 0. The Morgan fingerprint density at radius 1 is 1.27 bits per heavy atom. The molecule has 0 bridgehead atoms. The van der Waals surface area contributed by atoms with Crippen LogP contribution >= 0.6 is 0 Å². The second-order valence-corrected chi connectivity index (χ2v) is 1.88. The molecule has 0 amide bonds. The van der Waals surface area contributed by atoms with Crippen LogP contribution in [-0.2, 0) is 9.53 Å². The van der Waals surface area contributed by atoms with E-state index >= 15 is 0 Å². The molecule has 11 heavy (non-hydrogen) atoms. The van der Waals surface area contributed by atoms with Gasteiger partial charge < -0.3 is 4.74 Å². The van der Waals surface area contributed by atoms with E-state index in [1.165, 1.54) is 0 Å². The number of carbonyl (C=O) groups excluding carboxylic acids is 1. The van der Waals surface area contributed by atoms with Crippen molar-refractivity contribution >= 4 is 5.97 Å². The van der Waals surface area contributed by atoms with Crippen molar-refractivity contribution in [3.8, 4) is 24.7 Å². The van der Waals surface area contributed by atoms with Crippen LogP contribution in [0.25, 0.3) is 0 Å². The number of carbonyl (C=O) groups is 1. The number of hydrogen-bond donors (Lipinski definition) is 0. The lowest BCUT2D eigenvalue weighted by Gasteiger charge is -1.98. The second kappa shape index (κ2) is 6.71. The van der Waals surface area contributed by atoms with Crippen molar-refractivity contribution in [2.75, 3.05) is 6.61 Å². The number of esters is 1. The molecule has 0 fully saturated rings. The first-order valence-electron chi connectivity index (χ1n) is 3.33. The highest BCUT2D eigenvalue weighted by atomic mass is 16.5. The van der Waals surface area contributed by atoms with E-state index in [0.717, 1.165) is 0 Å². The molecule has 0 atom stereocenters. The lowest BCUT2D eigenvalue weighted by Crippen LogP contribution is -2.04. The Balaban J connectivity index is 3.26. The van der Waals surface area contributed by atoms with E-state index in [2.05, 4.69) is 11.8 Å². The van der Waals surface area contributed by atoms with Gasteiger partial charge in [-0.2, -0.15) is 0 Å². The molecule has 0 aromatic carbocycles. The van der Waals surface area contributed by atoms with Gasteiger partial charge in [0.25, 0.3) is 0 Å². The first kappa shape index (κ1) is 9.59. The summed E-state index contributed by atoms with van der Waals surface area (Å²) in [5.41, 5.74) is 0. The Hall–Kier alpha value is -1.41. The molecule has 0 rings (SSSR count). The monoisotopic (exact) mass is 150 g/mol. The summed E-state index contributed by atoms with van der Waals surface area (Å²) >= 11 is 0. The van der Waals surface area contributed by atoms with Gasteiger partial charge in [-0.1, -0.05) is 0 Å². The lowest BCUT2D eigenvalue weighted by atomic mass is 10.3. The Kier molecular flexibility index (Phi) is 5.85. The first-order chi connectivity index (χ1) is 5.31. The van der Waals surface area contributed by atoms with Crippen LogP contribution in [0.2, 0.25) is 0 Å². The van der Waals surface area contributed by atoms with Gasteiger partial charge in [-0.15, -0.1) is 24.7 Å². The molecule has 0 unspecified atom stereocenters. The molecule has 0 aromatic rings. The van der Waals surface area contributed by atoms with Gasteiger partial charge in [0, 0.05) is 12.8 Å². The van der Waals surface area contributed by atoms with Gasteiger partial charge in [0.1, 0.15) is 6.61 Å². The zero-order chi connectivity index (χ0) is 8.53. The van der Waals surface area contributed by atoms with Crippen LogP contribution in [0.4, 0.5) is 0 Å². The molecule has 0 heterocycles. The van der Waals surface area contributed by atoms with Crippen molar-refractivity contribution in [1.29, 1.82) is 0 Å². The minimum absolute atomic E-state index is 0.279. The summed E-state index contributed by atoms with van der Waals surface area (Å²) in [5.74, 6) is 4.43. The molecule has 0 aromatic heterocycles. The Morgan fingerprint density at radius 2 is 1.91 bits per heavy atom. The molecule has 0 N–H and O–H groups in total. The van der Waals surface area contributed by atoms with Gasteiger partial charge in [-0.05, 0) is 0 Å². The van der Waals surface area contributed by atoms with Crippen molar-refractivity contribution in [1.82, 2.24) is 0 Å². The summed E-state index contributed by atoms with van der Waals surface area (Å²) in [5, 5.41) is 0. The molecule has 0 aliphatic rings. The molecule has 58 valence electrons. The number of hydrogen-bond acceptors (Lipinski definition) is 2. The summed E-state index contributed by atoms with van der Waals surface area (Å²) in [7, 11) is 0.